The number of carbonyl (C=O) groups excluding carboxylic acids is 1. The van der Waals surface area contributed by atoms with Gasteiger partial charge in [-0.25, -0.2) is 0 Å². The van der Waals surface area contributed by atoms with Crippen molar-refractivity contribution in [2.45, 2.75) is 38.0 Å². The molecule has 0 aromatic rings. The van der Waals surface area contributed by atoms with Crippen LogP contribution in [0.25, 0.3) is 0 Å². The van der Waals surface area contributed by atoms with Crippen LogP contribution in [0.5, 0.6) is 0 Å². The second kappa shape index (κ2) is 5.80. The third-order valence-electron chi connectivity index (χ3n) is 3.79. The Labute approximate surface area is 103 Å². The number of nitrogens with one attached hydrogen (secondary N) is 2. The number of carbonyl (C=O) groups is 1. The first kappa shape index (κ1) is 12.8. The van der Waals surface area contributed by atoms with Crippen LogP contribution in [-0.4, -0.2) is 62.3 Å². The Morgan fingerprint density at radius 1 is 1.59 bits per heavy atom. The van der Waals surface area contributed by atoms with Gasteiger partial charge in [-0.1, -0.05) is 0 Å². The Morgan fingerprint density at radius 3 is 3.18 bits per heavy atom. The molecular formula is C12H23N3O2. The van der Waals surface area contributed by atoms with E-state index in [1.54, 1.807) is 7.05 Å². The monoisotopic (exact) mass is 241 g/mol. The van der Waals surface area contributed by atoms with Gasteiger partial charge in [0, 0.05) is 19.1 Å². The van der Waals surface area contributed by atoms with Crippen molar-refractivity contribution >= 4 is 5.91 Å². The van der Waals surface area contributed by atoms with Crippen molar-refractivity contribution in [2.24, 2.45) is 0 Å². The minimum absolute atomic E-state index is 0.0413. The first-order valence-corrected chi connectivity index (χ1v) is 6.51. The van der Waals surface area contributed by atoms with Crippen molar-refractivity contribution in [2.75, 3.05) is 33.3 Å². The molecule has 2 N–H and O–H groups in total. The van der Waals surface area contributed by atoms with Crippen LogP contribution in [0.1, 0.15) is 19.8 Å². The van der Waals surface area contributed by atoms with E-state index in [1.165, 1.54) is 19.4 Å². The van der Waals surface area contributed by atoms with E-state index in [0.29, 0.717) is 12.6 Å². The summed E-state index contributed by atoms with van der Waals surface area (Å²) in [5, 5.41) is 5.86. The zero-order valence-corrected chi connectivity index (χ0v) is 10.7. The molecule has 3 atom stereocenters. The van der Waals surface area contributed by atoms with E-state index in [-0.39, 0.29) is 18.1 Å². The lowest BCUT2D eigenvalue weighted by molar-refractivity contribution is -0.124. The molecule has 5 nitrogen and oxygen atoms in total. The number of hydrogen-bond donors (Lipinski definition) is 2. The summed E-state index contributed by atoms with van der Waals surface area (Å²) in [5.41, 5.74) is 0. The molecule has 0 aromatic carbocycles. The highest BCUT2D eigenvalue weighted by atomic mass is 16.5. The maximum Gasteiger partial charge on any atom is 0.236 e. The number of nitrogens with zero attached hydrogens (tertiary/aromatic N) is 1. The van der Waals surface area contributed by atoms with Gasteiger partial charge in [-0.3, -0.25) is 9.69 Å². The lowest BCUT2D eigenvalue weighted by Crippen LogP contribution is -2.51. The third kappa shape index (κ3) is 3.18. The topological polar surface area (TPSA) is 53.6 Å². The van der Waals surface area contributed by atoms with Crippen LogP contribution >= 0.6 is 0 Å². The average Bonchev–Trinajstić information content (AvgIpc) is 2.82. The number of amides is 1. The summed E-state index contributed by atoms with van der Waals surface area (Å²) in [4.78, 5) is 14.1. The Hall–Kier alpha value is -0.650. The highest BCUT2D eigenvalue weighted by molar-refractivity contribution is 5.81. The van der Waals surface area contributed by atoms with Crippen molar-refractivity contribution in [1.82, 2.24) is 15.5 Å². The number of fused-ring (bicyclic) bond motifs is 1. The number of hydrogen-bond acceptors (Lipinski definition) is 4. The molecule has 17 heavy (non-hydrogen) atoms. The van der Waals surface area contributed by atoms with E-state index >= 15 is 0 Å². The number of ether oxygens (including phenoxy) is 1. The summed E-state index contributed by atoms with van der Waals surface area (Å²) in [6.45, 7) is 5.44. The lowest BCUT2D eigenvalue weighted by atomic mass is 10.2. The van der Waals surface area contributed by atoms with Crippen LogP contribution in [0.3, 0.4) is 0 Å². The fraction of sp³-hybridized carbons (Fsp3) is 0.917. The van der Waals surface area contributed by atoms with Gasteiger partial charge in [-0.15, -0.1) is 0 Å². The summed E-state index contributed by atoms with van der Waals surface area (Å²) >= 11 is 0. The predicted octanol–water partition coefficient (Wildman–Crippen LogP) is -0.426. The summed E-state index contributed by atoms with van der Waals surface area (Å²) in [6, 6.07) is 0.483. The van der Waals surface area contributed by atoms with Crippen LogP contribution in [-0.2, 0) is 9.53 Å². The van der Waals surface area contributed by atoms with Gasteiger partial charge in [0.1, 0.15) is 0 Å². The molecule has 2 aliphatic heterocycles. The molecule has 0 aromatic heterocycles. The van der Waals surface area contributed by atoms with Crippen LogP contribution in [0.4, 0.5) is 0 Å². The maximum absolute atomic E-state index is 11.6. The zero-order valence-electron chi connectivity index (χ0n) is 10.7. The zero-order chi connectivity index (χ0) is 12.3. The van der Waals surface area contributed by atoms with Gasteiger partial charge >= 0.3 is 0 Å². The Balaban J connectivity index is 1.71. The molecule has 0 radical (unpaired) electrons. The second-order valence-corrected chi connectivity index (χ2v) is 5.00. The third-order valence-corrected chi connectivity index (χ3v) is 3.79. The summed E-state index contributed by atoms with van der Waals surface area (Å²) in [6.07, 6.45) is 2.69. The normalized spacial score (nSPS) is 30.9. The van der Waals surface area contributed by atoms with Gasteiger partial charge in [-0.2, -0.15) is 0 Å². The maximum atomic E-state index is 11.6. The molecule has 1 amide bonds. The molecule has 3 unspecified atom stereocenters. The SMILES string of the molecule is CNC(C)C(=O)NCC1CN2CCCC2CO1. The van der Waals surface area contributed by atoms with E-state index < -0.39 is 0 Å². The van der Waals surface area contributed by atoms with Crippen molar-refractivity contribution < 1.29 is 9.53 Å². The van der Waals surface area contributed by atoms with Gasteiger partial charge < -0.3 is 15.4 Å². The molecular weight excluding hydrogens is 218 g/mol. The number of morpholine rings is 1. The largest absolute Gasteiger partial charge is 0.373 e. The number of rotatable bonds is 4. The fourth-order valence-electron chi connectivity index (χ4n) is 2.51. The summed E-state index contributed by atoms with van der Waals surface area (Å²) in [5.74, 6) is 0.0413. The van der Waals surface area contributed by atoms with Crippen LogP contribution in [0, 0.1) is 0 Å². The molecule has 5 heteroatoms. The van der Waals surface area contributed by atoms with E-state index in [2.05, 4.69) is 15.5 Å². The highest BCUT2D eigenvalue weighted by Crippen LogP contribution is 2.22. The highest BCUT2D eigenvalue weighted by Gasteiger charge is 2.32. The van der Waals surface area contributed by atoms with E-state index in [0.717, 1.165) is 13.2 Å². The van der Waals surface area contributed by atoms with Gasteiger partial charge in [0.15, 0.2) is 0 Å². The lowest BCUT2D eigenvalue weighted by Gasteiger charge is -2.35. The summed E-state index contributed by atoms with van der Waals surface area (Å²) in [7, 11) is 1.79. The molecule has 2 aliphatic rings. The average molecular weight is 241 g/mol. The molecule has 2 rings (SSSR count). The quantitative estimate of drug-likeness (QED) is 0.701. The first-order chi connectivity index (χ1) is 8.20. The van der Waals surface area contributed by atoms with Gasteiger partial charge in [0.2, 0.25) is 5.91 Å². The van der Waals surface area contributed by atoms with E-state index in [4.69, 9.17) is 4.74 Å². The summed E-state index contributed by atoms with van der Waals surface area (Å²) < 4.78 is 5.78. The Morgan fingerprint density at radius 2 is 2.41 bits per heavy atom. The Bertz CT molecular complexity index is 272. The minimum Gasteiger partial charge on any atom is -0.373 e. The van der Waals surface area contributed by atoms with Gasteiger partial charge in [0.25, 0.3) is 0 Å². The number of likely N-dealkylation sites (N-methyl/N-ethyl adjacent to an activating group) is 1. The molecule has 0 aliphatic carbocycles. The predicted molar refractivity (Wildman–Crippen MR) is 65.9 cm³/mol. The standard InChI is InChI=1S/C12H23N3O2/c1-9(13-2)12(16)14-6-11-7-15-5-3-4-10(15)8-17-11/h9-11,13H,3-8H2,1-2H3,(H,14,16). The van der Waals surface area contributed by atoms with Gasteiger partial charge in [-0.05, 0) is 33.4 Å². The van der Waals surface area contributed by atoms with Crippen LogP contribution in [0.2, 0.25) is 0 Å². The Kier molecular flexibility index (Phi) is 4.36. The molecule has 0 saturated carbocycles. The van der Waals surface area contributed by atoms with Crippen LogP contribution in [0.15, 0.2) is 0 Å². The molecule has 0 bridgehead atoms. The second-order valence-electron chi connectivity index (χ2n) is 5.00. The van der Waals surface area contributed by atoms with Crippen molar-refractivity contribution in [3.05, 3.63) is 0 Å². The first-order valence-electron chi connectivity index (χ1n) is 6.51. The van der Waals surface area contributed by atoms with Crippen LogP contribution < -0.4 is 10.6 Å². The van der Waals surface area contributed by atoms with E-state index in [1.807, 2.05) is 6.92 Å². The van der Waals surface area contributed by atoms with Crippen molar-refractivity contribution in [3.63, 3.8) is 0 Å². The molecule has 0 spiro atoms. The van der Waals surface area contributed by atoms with Crippen molar-refractivity contribution in [3.8, 4) is 0 Å². The molecule has 2 heterocycles. The van der Waals surface area contributed by atoms with E-state index in [9.17, 15) is 4.79 Å². The molecule has 98 valence electrons. The molecule has 2 saturated heterocycles. The molecule has 2 fully saturated rings. The smallest absolute Gasteiger partial charge is 0.236 e. The van der Waals surface area contributed by atoms with Crippen molar-refractivity contribution in [1.29, 1.82) is 0 Å². The minimum atomic E-state index is -0.141. The fourth-order valence-corrected chi connectivity index (χ4v) is 2.51. The van der Waals surface area contributed by atoms with Gasteiger partial charge in [0.05, 0.1) is 18.8 Å².